The SMILES string of the molecule is CC(=O)NC[C@]1(c2ccccc2)CC[C@@H](O)[C@H](N(C)C(=O)[C@@H]2CCCOC2)CC1. The Morgan fingerprint density at radius 3 is 2.59 bits per heavy atom. The number of amides is 2. The Bertz CT molecular complexity index is 689. The van der Waals surface area contributed by atoms with Gasteiger partial charge in [0.1, 0.15) is 0 Å². The molecule has 0 bridgehead atoms. The molecule has 1 saturated carbocycles. The number of carbonyl (C=O) groups is 2. The van der Waals surface area contributed by atoms with Crippen molar-refractivity contribution in [2.24, 2.45) is 5.92 Å². The van der Waals surface area contributed by atoms with Gasteiger partial charge in [0.05, 0.1) is 24.7 Å². The highest BCUT2D eigenvalue weighted by atomic mass is 16.5. The fraction of sp³-hybridized carbons (Fsp3) is 0.652. The topological polar surface area (TPSA) is 78.9 Å². The molecule has 0 unspecified atom stereocenters. The number of nitrogens with one attached hydrogen (secondary N) is 1. The molecule has 1 saturated heterocycles. The molecule has 6 nitrogen and oxygen atoms in total. The summed E-state index contributed by atoms with van der Waals surface area (Å²) in [5.41, 5.74) is 0.941. The van der Waals surface area contributed by atoms with Crippen molar-refractivity contribution in [2.75, 3.05) is 26.8 Å². The first-order chi connectivity index (χ1) is 13.9. The summed E-state index contributed by atoms with van der Waals surface area (Å²) in [6.45, 7) is 3.27. The van der Waals surface area contributed by atoms with Crippen molar-refractivity contribution in [3.05, 3.63) is 35.9 Å². The molecule has 1 heterocycles. The first kappa shape index (κ1) is 21.8. The lowest BCUT2D eigenvalue weighted by Crippen LogP contribution is -2.48. The number of aliphatic hydroxyl groups is 1. The second-order valence-corrected chi connectivity index (χ2v) is 8.63. The van der Waals surface area contributed by atoms with E-state index in [1.807, 2.05) is 25.2 Å². The van der Waals surface area contributed by atoms with Gasteiger partial charge in [-0.2, -0.15) is 0 Å². The molecular formula is C23H34N2O4. The molecule has 0 aromatic heterocycles. The van der Waals surface area contributed by atoms with Crippen LogP contribution in [0.15, 0.2) is 30.3 Å². The second-order valence-electron chi connectivity index (χ2n) is 8.63. The third-order valence-corrected chi connectivity index (χ3v) is 6.70. The van der Waals surface area contributed by atoms with Crippen LogP contribution in [0.5, 0.6) is 0 Å². The average Bonchev–Trinajstić information content (AvgIpc) is 2.92. The van der Waals surface area contributed by atoms with Crippen molar-refractivity contribution in [1.82, 2.24) is 10.2 Å². The molecule has 2 aliphatic rings. The molecule has 29 heavy (non-hydrogen) atoms. The van der Waals surface area contributed by atoms with Gasteiger partial charge in [-0.1, -0.05) is 30.3 Å². The number of likely N-dealkylation sites (N-methyl/N-ethyl adjacent to an activating group) is 1. The Balaban J connectivity index is 1.77. The number of hydrogen-bond acceptors (Lipinski definition) is 4. The predicted octanol–water partition coefficient (Wildman–Crippen LogP) is 2.25. The van der Waals surface area contributed by atoms with Gasteiger partial charge < -0.3 is 20.1 Å². The van der Waals surface area contributed by atoms with Crippen LogP contribution in [-0.2, 0) is 19.7 Å². The van der Waals surface area contributed by atoms with Crippen molar-refractivity contribution in [3.8, 4) is 0 Å². The Morgan fingerprint density at radius 2 is 1.93 bits per heavy atom. The van der Waals surface area contributed by atoms with Gasteiger partial charge in [-0.05, 0) is 44.1 Å². The van der Waals surface area contributed by atoms with Crippen LogP contribution in [0.3, 0.4) is 0 Å². The van der Waals surface area contributed by atoms with Crippen LogP contribution in [0, 0.1) is 5.92 Å². The summed E-state index contributed by atoms with van der Waals surface area (Å²) in [4.78, 5) is 26.4. The summed E-state index contributed by atoms with van der Waals surface area (Å²) in [7, 11) is 1.81. The quantitative estimate of drug-likeness (QED) is 0.741. The monoisotopic (exact) mass is 402 g/mol. The van der Waals surface area contributed by atoms with Crippen molar-refractivity contribution in [1.29, 1.82) is 0 Å². The summed E-state index contributed by atoms with van der Waals surface area (Å²) in [6.07, 6.45) is 4.05. The minimum atomic E-state index is -0.573. The lowest BCUT2D eigenvalue weighted by Gasteiger charge is -2.35. The number of hydrogen-bond donors (Lipinski definition) is 2. The van der Waals surface area contributed by atoms with E-state index in [1.165, 1.54) is 12.5 Å². The smallest absolute Gasteiger partial charge is 0.228 e. The van der Waals surface area contributed by atoms with Crippen molar-refractivity contribution in [3.63, 3.8) is 0 Å². The van der Waals surface area contributed by atoms with Gasteiger partial charge in [-0.25, -0.2) is 0 Å². The molecule has 1 aliphatic heterocycles. The van der Waals surface area contributed by atoms with E-state index in [0.717, 1.165) is 32.3 Å². The van der Waals surface area contributed by atoms with E-state index in [4.69, 9.17) is 4.74 Å². The van der Waals surface area contributed by atoms with Crippen LogP contribution in [-0.4, -0.2) is 60.8 Å². The number of aliphatic hydroxyl groups excluding tert-OH is 1. The highest BCUT2D eigenvalue weighted by molar-refractivity contribution is 5.79. The molecule has 1 aromatic carbocycles. The maximum atomic E-state index is 13.0. The molecule has 2 N–H and O–H groups in total. The van der Waals surface area contributed by atoms with Gasteiger partial charge in [0.25, 0.3) is 0 Å². The molecule has 3 rings (SSSR count). The number of nitrogens with zero attached hydrogens (tertiary/aromatic N) is 1. The van der Waals surface area contributed by atoms with E-state index in [2.05, 4.69) is 17.4 Å². The van der Waals surface area contributed by atoms with E-state index >= 15 is 0 Å². The van der Waals surface area contributed by atoms with Crippen LogP contribution in [0.2, 0.25) is 0 Å². The number of carbonyl (C=O) groups excluding carboxylic acids is 2. The lowest BCUT2D eigenvalue weighted by molar-refractivity contribution is -0.143. The minimum Gasteiger partial charge on any atom is -0.391 e. The molecule has 0 radical (unpaired) electrons. The highest BCUT2D eigenvalue weighted by Gasteiger charge is 2.40. The molecule has 1 aromatic rings. The fourth-order valence-electron chi connectivity index (χ4n) is 4.85. The molecule has 2 fully saturated rings. The first-order valence-electron chi connectivity index (χ1n) is 10.8. The number of ether oxygens (including phenoxy) is 1. The molecule has 6 heteroatoms. The zero-order valence-electron chi connectivity index (χ0n) is 17.6. The maximum absolute atomic E-state index is 13.0. The Labute approximate surface area is 173 Å². The van der Waals surface area contributed by atoms with Crippen LogP contribution in [0.4, 0.5) is 0 Å². The molecule has 1 aliphatic carbocycles. The summed E-state index contributed by atoms with van der Waals surface area (Å²) in [5, 5.41) is 13.9. The Morgan fingerprint density at radius 1 is 1.21 bits per heavy atom. The van der Waals surface area contributed by atoms with Crippen LogP contribution in [0.1, 0.15) is 51.0 Å². The number of rotatable bonds is 5. The minimum absolute atomic E-state index is 0.0498. The third kappa shape index (κ3) is 5.17. The zero-order valence-corrected chi connectivity index (χ0v) is 17.6. The van der Waals surface area contributed by atoms with Crippen molar-refractivity contribution in [2.45, 2.75) is 63.0 Å². The fourth-order valence-corrected chi connectivity index (χ4v) is 4.85. The normalized spacial score (nSPS) is 30.2. The van der Waals surface area contributed by atoms with E-state index in [0.29, 0.717) is 26.0 Å². The maximum Gasteiger partial charge on any atom is 0.228 e. The van der Waals surface area contributed by atoms with E-state index in [1.54, 1.807) is 4.90 Å². The van der Waals surface area contributed by atoms with E-state index < -0.39 is 6.10 Å². The van der Waals surface area contributed by atoms with Crippen LogP contribution >= 0.6 is 0 Å². The summed E-state index contributed by atoms with van der Waals surface area (Å²) in [5.74, 6) is -0.0865. The van der Waals surface area contributed by atoms with E-state index in [9.17, 15) is 14.7 Å². The van der Waals surface area contributed by atoms with Gasteiger partial charge in [0.15, 0.2) is 0 Å². The standard InChI is InChI=1S/C23H34N2O4/c1-17(26)24-16-23(19-8-4-3-5-9-19)12-10-20(21(27)11-13-23)25(2)22(28)18-7-6-14-29-15-18/h3-5,8-9,18,20-21,27H,6-7,10-16H2,1-2H3,(H,24,26)/t18-,20-,21-,23-/m1/s1. The molecule has 160 valence electrons. The first-order valence-corrected chi connectivity index (χ1v) is 10.8. The summed E-state index contributed by atoms with van der Waals surface area (Å²) < 4.78 is 5.49. The lowest BCUT2D eigenvalue weighted by atomic mass is 9.74. The Hall–Kier alpha value is -1.92. The molecular weight excluding hydrogens is 368 g/mol. The van der Waals surface area contributed by atoms with Gasteiger partial charge in [-0.15, -0.1) is 0 Å². The van der Waals surface area contributed by atoms with Crippen molar-refractivity contribution < 1.29 is 19.4 Å². The predicted molar refractivity (Wildman–Crippen MR) is 111 cm³/mol. The Kier molecular flexibility index (Phi) is 7.30. The molecule has 4 atom stereocenters. The van der Waals surface area contributed by atoms with Gasteiger partial charge in [0.2, 0.25) is 11.8 Å². The molecule has 2 amide bonds. The third-order valence-electron chi connectivity index (χ3n) is 6.70. The van der Waals surface area contributed by atoms with Gasteiger partial charge in [-0.3, -0.25) is 9.59 Å². The zero-order chi connectivity index (χ0) is 20.9. The largest absolute Gasteiger partial charge is 0.391 e. The van der Waals surface area contributed by atoms with Gasteiger partial charge >= 0.3 is 0 Å². The number of benzene rings is 1. The summed E-state index contributed by atoms with van der Waals surface area (Å²) in [6, 6.07) is 10.0. The molecule has 0 spiro atoms. The highest BCUT2D eigenvalue weighted by Crippen LogP contribution is 2.39. The van der Waals surface area contributed by atoms with E-state index in [-0.39, 0.29) is 29.2 Å². The van der Waals surface area contributed by atoms with Gasteiger partial charge in [0, 0.05) is 32.5 Å². The average molecular weight is 403 g/mol. The second kappa shape index (κ2) is 9.72. The summed E-state index contributed by atoms with van der Waals surface area (Å²) >= 11 is 0. The van der Waals surface area contributed by atoms with Crippen LogP contribution in [0.25, 0.3) is 0 Å². The van der Waals surface area contributed by atoms with Crippen LogP contribution < -0.4 is 5.32 Å². The van der Waals surface area contributed by atoms with Crippen molar-refractivity contribution >= 4 is 11.8 Å².